The molecule has 3 aromatic heterocycles. The van der Waals surface area contributed by atoms with E-state index in [-0.39, 0.29) is 0 Å². The highest BCUT2D eigenvalue weighted by Gasteiger charge is 2.20. The molecular weight excluding hydrogens is 334 g/mol. The first-order valence-electron chi connectivity index (χ1n) is 8.04. The highest BCUT2D eigenvalue weighted by atomic mass is 32.1. The molecule has 1 unspecified atom stereocenters. The van der Waals surface area contributed by atoms with Crippen molar-refractivity contribution in [3.63, 3.8) is 0 Å². The van der Waals surface area contributed by atoms with Crippen molar-refractivity contribution in [1.82, 2.24) is 20.5 Å². The number of nitrogens with zero attached hydrogens (tertiary/aromatic N) is 2. The summed E-state index contributed by atoms with van der Waals surface area (Å²) < 4.78 is 0. The number of H-pyrrole nitrogens is 1. The number of anilines is 1. The van der Waals surface area contributed by atoms with E-state index in [0.29, 0.717) is 17.1 Å². The Morgan fingerprint density at radius 1 is 1.28 bits per heavy atom. The Balaban J connectivity index is 1.58. The van der Waals surface area contributed by atoms with E-state index in [0.717, 1.165) is 37.9 Å². The molecule has 25 heavy (non-hydrogen) atoms. The molecule has 5 N–H and O–H groups in total. The Morgan fingerprint density at radius 2 is 2.12 bits per heavy atom. The summed E-state index contributed by atoms with van der Waals surface area (Å²) in [5, 5.41) is 24.1. The van der Waals surface area contributed by atoms with E-state index in [1.165, 1.54) is 11.3 Å². The van der Waals surface area contributed by atoms with Crippen molar-refractivity contribution in [2.75, 3.05) is 5.73 Å². The average Bonchev–Trinajstić information content (AvgIpc) is 3.20. The van der Waals surface area contributed by atoms with Gasteiger partial charge in [-0.25, -0.2) is 0 Å². The highest BCUT2D eigenvalue weighted by molar-refractivity contribution is 7.19. The van der Waals surface area contributed by atoms with Crippen molar-refractivity contribution in [3.8, 4) is 0 Å². The second kappa shape index (κ2) is 6.11. The van der Waals surface area contributed by atoms with Crippen LogP contribution >= 0.6 is 11.3 Å². The Labute approximate surface area is 148 Å². The Morgan fingerprint density at radius 3 is 2.96 bits per heavy atom. The number of fused-ring (bicyclic) bond motifs is 2. The molecule has 4 aromatic rings. The van der Waals surface area contributed by atoms with Gasteiger partial charge in [0, 0.05) is 23.6 Å². The molecule has 4 rings (SSSR count). The fourth-order valence-corrected chi connectivity index (χ4v) is 4.04. The lowest BCUT2D eigenvalue weighted by atomic mass is 10.1. The second-order valence-corrected chi connectivity index (χ2v) is 7.18. The van der Waals surface area contributed by atoms with Gasteiger partial charge in [-0.3, -0.25) is 5.32 Å². The van der Waals surface area contributed by atoms with Crippen molar-refractivity contribution >= 4 is 38.1 Å². The minimum Gasteiger partial charge on any atom is -0.397 e. The summed E-state index contributed by atoms with van der Waals surface area (Å²) in [7, 11) is 0. The van der Waals surface area contributed by atoms with Gasteiger partial charge in [-0.05, 0) is 48.6 Å². The smallest absolute Gasteiger partial charge is 0.148 e. The number of hydrogen-bond acceptors (Lipinski definition) is 6. The fraction of sp³-hybridized carbons (Fsp3) is 0.222. The van der Waals surface area contributed by atoms with Gasteiger partial charge in [0.1, 0.15) is 11.1 Å². The number of hydrogen-bond donors (Lipinski definition) is 4. The van der Waals surface area contributed by atoms with E-state index in [2.05, 4.69) is 26.6 Å². The molecule has 128 valence electrons. The minimum absolute atomic E-state index is 0.541. The van der Waals surface area contributed by atoms with E-state index in [1.807, 2.05) is 38.2 Å². The van der Waals surface area contributed by atoms with Crippen LogP contribution in [0.3, 0.4) is 0 Å². The van der Waals surface area contributed by atoms with Crippen LogP contribution in [0.2, 0.25) is 0 Å². The lowest BCUT2D eigenvalue weighted by Crippen LogP contribution is -2.20. The first kappa shape index (κ1) is 16.0. The number of aliphatic hydroxyl groups excluding tert-OH is 1. The first-order chi connectivity index (χ1) is 12.0. The molecule has 0 radical (unpaired) electrons. The summed E-state index contributed by atoms with van der Waals surface area (Å²) in [6.07, 6.45) is 1.07. The molecule has 0 bridgehead atoms. The molecule has 0 saturated heterocycles. The predicted molar refractivity (Wildman–Crippen MR) is 101 cm³/mol. The highest BCUT2D eigenvalue weighted by Crippen LogP contribution is 2.37. The van der Waals surface area contributed by atoms with Gasteiger partial charge >= 0.3 is 0 Å². The summed E-state index contributed by atoms with van der Waals surface area (Å²) in [4.78, 5) is 4.61. The van der Waals surface area contributed by atoms with Crippen LogP contribution in [0.4, 0.5) is 5.69 Å². The van der Waals surface area contributed by atoms with E-state index in [9.17, 15) is 5.11 Å². The lowest BCUT2D eigenvalue weighted by Gasteiger charge is -2.12. The summed E-state index contributed by atoms with van der Waals surface area (Å²) in [6, 6.07) is 8.20. The molecule has 0 aliphatic carbocycles. The Hall–Kier alpha value is -2.48. The molecule has 0 saturated carbocycles. The van der Waals surface area contributed by atoms with Crippen molar-refractivity contribution in [2.24, 2.45) is 0 Å². The van der Waals surface area contributed by atoms with Gasteiger partial charge in [0.25, 0.3) is 0 Å². The van der Waals surface area contributed by atoms with Crippen molar-refractivity contribution in [1.29, 1.82) is 0 Å². The Kier molecular flexibility index (Phi) is 3.91. The van der Waals surface area contributed by atoms with Crippen molar-refractivity contribution < 1.29 is 5.11 Å². The van der Waals surface area contributed by atoms with Gasteiger partial charge in [-0.1, -0.05) is 6.07 Å². The third-order valence-electron chi connectivity index (χ3n) is 4.53. The zero-order valence-electron chi connectivity index (χ0n) is 14.0. The van der Waals surface area contributed by atoms with Gasteiger partial charge in [0.05, 0.1) is 16.3 Å². The molecule has 7 heteroatoms. The summed E-state index contributed by atoms with van der Waals surface area (Å²) >= 11 is 1.38. The molecule has 1 atom stereocenters. The fourth-order valence-electron chi connectivity index (χ4n) is 2.98. The number of nitrogens with one attached hydrogen (secondary N) is 2. The number of aliphatic hydroxyl groups is 1. The van der Waals surface area contributed by atoms with Crippen LogP contribution in [-0.2, 0) is 6.54 Å². The van der Waals surface area contributed by atoms with Crippen LogP contribution in [0.5, 0.6) is 0 Å². The van der Waals surface area contributed by atoms with Crippen LogP contribution in [0.25, 0.3) is 21.1 Å². The number of aryl methyl sites for hydroxylation is 2. The van der Waals surface area contributed by atoms with E-state index < -0.39 is 6.23 Å². The zero-order chi connectivity index (χ0) is 17.6. The molecule has 0 aliphatic heterocycles. The topological polar surface area (TPSA) is 99.9 Å². The maximum Gasteiger partial charge on any atom is 0.148 e. The van der Waals surface area contributed by atoms with E-state index in [4.69, 9.17) is 5.73 Å². The average molecular weight is 353 g/mol. The van der Waals surface area contributed by atoms with Crippen LogP contribution in [0.1, 0.15) is 27.9 Å². The van der Waals surface area contributed by atoms with Gasteiger partial charge in [-0.2, -0.15) is 5.10 Å². The SMILES string of the molecule is Cc1nnc2sc(C(O)NCc3ccc4[nH]ccc4c3)c(N)c2c1C. The molecule has 0 aliphatic rings. The molecule has 0 spiro atoms. The molecule has 1 aromatic carbocycles. The second-order valence-electron chi connectivity index (χ2n) is 6.15. The zero-order valence-corrected chi connectivity index (χ0v) is 14.8. The molecule has 0 amide bonds. The summed E-state index contributed by atoms with van der Waals surface area (Å²) in [5.74, 6) is 0. The van der Waals surface area contributed by atoms with Gasteiger partial charge in [-0.15, -0.1) is 16.4 Å². The lowest BCUT2D eigenvalue weighted by molar-refractivity contribution is 0.141. The van der Waals surface area contributed by atoms with Gasteiger partial charge < -0.3 is 15.8 Å². The number of nitrogen functional groups attached to an aromatic ring is 1. The Bertz CT molecular complexity index is 1070. The summed E-state index contributed by atoms with van der Waals surface area (Å²) in [5.41, 5.74) is 10.9. The third-order valence-corrected chi connectivity index (χ3v) is 5.67. The third kappa shape index (κ3) is 2.76. The van der Waals surface area contributed by atoms with Crippen LogP contribution in [0, 0.1) is 13.8 Å². The van der Waals surface area contributed by atoms with E-state index in [1.54, 1.807) is 0 Å². The van der Waals surface area contributed by atoms with Gasteiger partial charge in [0.15, 0.2) is 0 Å². The summed E-state index contributed by atoms with van der Waals surface area (Å²) in [6.45, 7) is 4.43. The van der Waals surface area contributed by atoms with Crippen LogP contribution < -0.4 is 11.1 Å². The predicted octanol–water partition coefficient (Wildman–Crippen LogP) is 3.15. The number of nitrogens with two attached hydrogens (primary N) is 1. The molecule has 0 fully saturated rings. The van der Waals surface area contributed by atoms with Crippen molar-refractivity contribution in [2.45, 2.75) is 26.6 Å². The number of aromatic nitrogens is 3. The number of aromatic amines is 1. The molecule has 6 nitrogen and oxygen atoms in total. The van der Waals surface area contributed by atoms with E-state index >= 15 is 0 Å². The number of benzene rings is 1. The quantitative estimate of drug-likeness (QED) is 0.422. The largest absolute Gasteiger partial charge is 0.397 e. The number of thiophene rings is 1. The minimum atomic E-state index is -0.846. The van der Waals surface area contributed by atoms with Crippen LogP contribution in [0.15, 0.2) is 30.5 Å². The standard InChI is InChI=1S/C18H19N5OS/c1-9-10(2)22-23-18-14(9)15(19)16(25-18)17(24)21-8-11-3-4-13-12(7-11)5-6-20-13/h3-7,17,20-21,24H,8,19H2,1-2H3. The monoisotopic (exact) mass is 353 g/mol. The number of rotatable bonds is 4. The van der Waals surface area contributed by atoms with Gasteiger partial charge in [0.2, 0.25) is 0 Å². The maximum absolute atomic E-state index is 10.6. The molecular formula is C18H19N5OS. The molecule has 3 heterocycles. The van der Waals surface area contributed by atoms with Crippen LogP contribution in [-0.4, -0.2) is 20.3 Å². The van der Waals surface area contributed by atoms with Crippen molar-refractivity contribution in [3.05, 3.63) is 52.2 Å². The normalized spacial score (nSPS) is 12.9. The first-order valence-corrected chi connectivity index (χ1v) is 8.85. The maximum atomic E-state index is 10.6.